The Balaban J connectivity index is 2.13. The van der Waals surface area contributed by atoms with E-state index in [2.05, 4.69) is 26.5 Å². The molecule has 8 nitrogen and oxygen atoms in total. The van der Waals surface area contributed by atoms with Gasteiger partial charge in [-0.1, -0.05) is 12.1 Å². The Bertz CT molecular complexity index is 920. The Morgan fingerprint density at radius 3 is 2.70 bits per heavy atom. The summed E-state index contributed by atoms with van der Waals surface area (Å²) in [5, 5.41) is 3.79. The predicted molar refractivity (Wildman–Crippen MR) is 107 cm³/mol. The number of anilines is 1. The molecule has 0 aliphatic heterocycles. The second-order valence-corrected chi connectivity index (χ2v) is 8.28. The van der Waals surface area contributed by atoms with Gasteiger partial charge in [0.25, 0.3) is 5.91 Å². The molecule has 1 heterocycles. The van der Waals surface area contributed by atoms with E-state index in [0.717, 1.165) is 15.0 Å². The Kier molecular flexibility index (Phi) is 7.03. The van der Waals surface area contributed by atoms with Crippen LogP contribution in [0.25, 0.3) is 0 Å². The van der Waals surface area contributed by atoms with Gasteiger partial charge < -0.3 is 9.15 Å². The predicted octanol–water partition coefficient (Wildman–Crippen LogP) is 2.67. The highest BCUT2D eigenvalue weighted by atomic mass is 79.9. The maximum Gasteiger partial charge on any atom is 0.260 e. The summed E-state index contributed by atoms with van der Waals surface area (Å²) in [5.74, 6) is 0.892. The lowest BCUT2D eigenvalue weighted by molar-refractivity contribution is -0.119. The Labute approximate surface area is 166 Å². The zero-order chi connectivity index (χ0) is 20.0. The SMILES string of the molecule is CCOc1ccccc1N(CC(=O)N/N=C\c1cc(Br)c(C)o1)S(C)(=O)=O. The van der Waals surface area contributed by atoms with Crippen LogP contribution in [0.5, 0.6) is 5.75 Å². The number of hydrazone groups is 1. The van der Waals surface area contributed by atoms with Crippen LogP contribution in [0, 0.1) is 6.92 Å². The number of nitrogens with one attached hydrogen (secondary N) is 1. The van der Waals surface area contributed by atoms with Crippen molar-refractivity contribution in [3.05, 3.63) is 46.3 Å². The van der Waals surface area contributed by atoms with Crippen LogP contribution < -0.4 is 14.5 Å². The normalized spacial score (nSPS) is 11.6. The number of sulfonamides is 1. The van der Waals surface area contributed by atoms with Crippen molar-refractivity contribution in [2.45, 2.75) is 13.8 Å². The summed E-state index contributed by atoms with van der Waals surface area (Å²) in [6.07, 6.45) is 2.35. The Morgan fingerprint density at radius 2 is 2.11 bits per heavy atom. The molecule has 1 aromatic carbocycles. The van der Waals surface area contributed by atoms with Crippen molar-refractivity contribution in [3.8, 4) is 5.75 Å². The van der Waals surface area contributed by atoms with Crippen molar-refractivity contribution in [1.82, 2.24) is 5.43 Å². The maximum absolute atomic E-state index is 12.2. The fourth-order valence-corrected chi connectivity index (χ4v) is 3.37. The van der Waals surface area contributed by atoms with Crippen molar-refractivity contribution < 1.29 is 22.4 Å². The van der Waals surface area contributed by atoms with Gasteiger partial charge in [0, 0.05) is 6.07 Å². The van der Waals surface area contributed by atoms with Crippen molar-refractivity contribution in [2.24, 2.45) is 5.10 Å². The number of rotatable bonds is 8. The Morgan fingerprint density at radius 1 is 1.41 bits per heavy atom. The van der Waals surface area contributed by atoms with E-state index in [-0.39, 0.29) is 5.69 Å². The minimum absolute atomic E-state index is 0.284. The lowest BCUT2D eigenvalue weighted by Gasteiger charge is -2.23. The number of para-hydroxylation sites is 2. The van der Waals surface area contributed by atoms with Crippen LogP contribution in [-0.2, 0) is 14.8 Å². The van der Waals surface area contributed by atoms with E-state index in [4.69, 9.17) is 9.15 Å². The van der Waals surface area contributed by atoms with Gasteiger partial charge in [-0.15, -0.1) is 0 Å². The number of carbonyl (C=O) groups excluding carboxylic acids is 1. The van der Waals surface area contributed by atoms with Crippen LogP contribution in [-0.4, -0.2) is 39.9 Å². The van der Waals surface area contributed by atoms with Gasteiger partial charge in [-0.3, -0.25) is 9.10 Å². The van der Waals surface area contributed by atoms with Gasteiger partial charge in [0.1, 0.15) is 23.8 Å². The zero-order valence-corrected chi connectivity index (χ0v) is 17.5. The van der Waals surface area contributed by atoms with Gasteiger partial charge in [0.05, 0.1) is 29.2 Å². The molecule has 2 aromatic rings. The molecule has 0 bridgehead atoms. The number of ether oxygens (including phenoxy) is 1. The first-order chi connectivity index (χ1) is 12.7. The lowest BCUT2D eigenvalue weighted by atomic mass is 10.3. The summed E-state index contributed by atoms with van der Waals surface area (Å²) in [7, 11) is -3.72. The monoisotopic (exact) mass is 457 g/mol. The van der Waals surface area contributed by atoms with Gasteiger partial charge in [-0.05, 0) is 41.9 Å². The van der Waals surface area contributed by atoms with E-state index in [1.165, 1.54) is 6.21 Å². The summed E-state index contributed by atoms with van der Waals surface area (Å²) >= 11 is 3.31. The van der Waals surface area contributed by atoms with E-state index in [1.54, 1.807) is 44.2 Å². The second kappa shape index (κ2) is 9.05. The minimum atomic E-state index is -3.72. The summed E-state index contributed by atoms with van der Waals surface area (Å²) < 4.78 is 37.0. The maximum atomic E-state index is 12.2. The Hall–Kier alpha value is -2.33. The van der Waals surface area contributed by atoms with Crippen molar-refractivity contribution >= 4 is 43.8 Å². The molecule has 1 N–H and O–H groups in total. The van der Waals surface area contributed by atoms with Crippen molar-refractivity contribution in [2.75, 3.05) is 23.7 Å². The van der Waals surface area contributed by atoms with Crippen LogP contribution >= 0.6 is 15.9 Å². The molecule has 0 spiro atoms. The van der Waals surface area contributed by atoms with E-state index < -0.39 is 22.5 Å². The molecule has 2 rings (SSSR count). The third-order valence-corrected chi connectivity index (χ3v) is 5.29. The van der Waals surface area contributed by atoms with Crippen LogP contribution in [0.15, 0.2) is 44.3 Å². The number of aryl methyl sites for hydroxylation is 1. The lowest BCUT2D eigenvalue weighted by Crippen LogP contribution is -2.39. The molecule has 0 atom stereocenters. The molecule has 1 aromatic heterocycles. The van der Waals surface area contributed by atoms with Crippen LogP contribution in [0.4, 0.5) is 5.69 Å². The number of halogens is 1. The number of furan rings is 1. The fraction of sp³-hybridized carbons (Fsp3) is 0.294. The molecule has 27 heavy (non-hydrogen) atoms. The van der Waals surface area contributed by atoms with Gasteiger partial charge >= 0.3 is 0 Å². The third kappa shape index (κ3) is 5.83. The van der Waals surface area contributed by atoms with E-state index in [9.17, 15) is 13.2 Å². The molecular weight excluding hydrogens is 438 g/mol. The molecule has 146 valence electrons. The highest BCUT2D eigenvalue weighted by Crippen LogP contribution is 2.29. The van der Waals surface area contributed by atoms with Crippen LogP contribution in [0.2, 0.25) is 0 Å². The topological polar surface area (TPSA) is 101 Å². The molecule has 0 saturated carbocycles. The largest absolute Gasteiger partial charge is 0.492 e. The zero-order valence-electron chi connectivity index (χ0n) is 15.1. The molecule has 0 aliphatic rings. The highest BCUT2D eigenvalue weighted by Gasteiger charge is 2.23. The number of benzene rings is 1. The summed E-state index contributed by atoms with van der Waals surface area (Å²) in [6, 6.07) is 8.31. The molecular formula is C17H20BrN3O5S. The van der Waals surface area contributed by atoms with E-state index in [1.807, 2.05) is 0 Å². The standard InChI is InChI=1S/C17H20BrN3O5S/c1-4-25-16-8-6-5-7-15(16)21(27(3,23)24)11-17(22)20-19-10-13-9-14(18)12(2)26-13/h5-10H,4,11H2,1-3H3,(H,20,22)/b19-10-. The summed E-state index contributed by atoms with van der Waals surface area (Å²) in [6.45, 7) is 3.49. The average Bonchev–Trinajstić information content (AvgIpc) is 2.91. The molecule has 10 heteroatoms. The molecule has 1 amide bonds. The van der Waals surface area contributed by atoms with Crippen LogP contribution in [0.1, 0.15) is 18.4 Å². The minimum Gasteiger partial charge on any atom is -0.492 e. The number of carbonyl (C=O) groups is 1. The highest BCUT2D eigenvalue weighted by molar-refractivity contribution is 9.10. The number of hydrogen-bond acceptors (Lipinski definition) is 6. The number of amides is 1. The first kappa shape index (κ1) is 21.0. The van der Waals surface area contributed by atoms with Gasteiger partial charge in [0.15, 0.2) is 0 Å². The van der Waals surface area contributed by atoms with Crippen molar-refractivity contribution in [1.29, 1.82) is 0 Å². The quantitative estimate of drug-likeness (QED) is 0.484. The first-order valence-electron chi connectivity index (χ1n) is 7.99. The fourth-order valence-electron chi connectivity index (χ4n) is 2.20. The number of hydrogen-bond donors (Lipinski definition) is 1. The third-order valence-electron chi connectivity index (χ3n) is 3.38. The summed E-state index contributed by atoms with van der Waals surface area (Å²) in [5.41, 5.74) is 2.58. The number of nitrogens with zero attached hydrogens (tertiary/aromatic N) is 2. The van der Waals surface area contributed by atoms with Gasteiger partial charge in [0.2, 0.25) is 10.0 Å². The smallest absolute Gasteiger partial charge is 0.260 e. The molecule has 0 unspecified atom stereocenters. The second-order valence-electron chi connectivity index (χ2n) is 5.52. The van der Waals surface area contributed by atoms with Gasteiger partial charge in [-0.2, -0.15) is 5.10 Å². The average molecular weight is 458 g/mol. The first-order valence-corrected chi connectivity index (χ1v) is 10.6. The molecule has 0 radical (unpaired) electrons. The van der Waals surface area contributed by atoms with E-state index >= 15 is 0 Å². The van der Waals surface area contributed by atoms with E-state index in [0.29, 0.717) is 23.9 Å². The van der Waals surface area contributed by atoms with Crippen molar-refractivity contribution in [3.63, 3.8) is 0 Å². The summed E-state index contributed by atoms with van der Waals surface area (Å²) in [4.78, 5) is 12.2. The molecule has 0 saturated heterocycles. The molecule has 0 aliphatic carbocycles. The van der Waals surface area contributed by atoms with Crippen LogP contribution in [0.3, 0.4) is 0 Å². The van der Waals surface area contributed by atoms with Gasteiger partial charge in [-0.25, -0.2) is 13.8 Å². The molecule has 0 fully saturated rings.